The van der Waals surface area contributed by atoms with Crippen LogP contribution < -0.4 is 14.2 Å². The predicted octanol–water partition coefficient (Wildman–Crippen LogP) is 5.68. The van der Waals surface area contributed by atoms with Crippen molar-refractivity contribution in [1.29, 1.82) is 0 Å². The van der Waals surface area contributed by atoms with E-state index in [1.54, 1.807) is 72.8 Å². The van der Waals surface area contributed by atoms with E-state index in [4.69, 9.17) is 14.2 Å². The number of benzene rings is 4. The van der Waals surface area contributed by atoms with Crippen LogP contribution in [-0.4, -0.2) is 18.5 Å². The Labute approximate surface area is 179 Å². The van der Waals surface area contributed by atoms with Crippen LogP contribution in [-0.2, 0) is 0 Å². The van der Waals surface area contributed by atoms with Gasteiger partial charge in [0.2, 0.25) is 0 Å². The third-order valence-electron chi connectivity index (χ3n) is 4.64. The van der Waals surface area contributed by atoms with Gasteiger partial charge in [0.05, 0.1) is 23.1 Å². The van der Waals surface area contributed by atoms with Gasteiger partial charge in [-0.3, -0.25) is 0 Å². The fraction of sp³-hybridized carbons (Fsp3) is 0.0769. The molecule has 0 heterocycles. The maximum absolute atomic E-state index is 12.7. The van der Waals surface area contributed by atoms with Crippen LogP contribution in [0.4, 0.5) is 0 Å². The number of rotatable bonds is 6. The number of fused-ring (bicyclic) bond motifs is 1. The fourth-order valence-electron chi connectivity index (χ4n) is 3.19. The standard InChI is InChI=1S/C26H20O5/c1-2-29-21-16-14-20(15-17-21)26(28)31-23-13-7-11-18-10-6-12-22(24(18)23)30-25(27)19-8-4-3-5-9-19/h3-17H,2H2,1H3. The average molecular weight is 412 g/mol. The van der Waals surface area contributed by atoms with Crippen molar-refractivity contribution in [2.24, 2.45) is 0 Å². The summed E-state index contributed by atoms with van der Waals surface area (Å²) >= 11 is 0. The number of esters is 2. The normalized spacial score (nSPS) is 10.5. The van der Waals surface area contributed by atoms with E-state index in [1.165, 1.54) is 0 Å². The summed E-state index contributed by atoms with van der Waals surface area (Å²) in [5.41, 5.74) is 0.822. The molecule has 0 saturated heterocycles. The zero-order valence-corrected chi connectivity index (χ0v) is 16.9. The van der Waals surface area contributed by atoms with Crippen molar-refractivity contribution in [3.05, 3.63) is 102 Å². The molecule has 0 aliphatic heterocycles. The van der Waals surface area contributed by atoms with E-state index in [2.05, 4.69) is 0 Å². The molecule has 0 amide bonds. The van der Waals surface area contributed by atoms with Crippen molar-refractivity contribution in [2.75, 3.05) is 6.61 Å². The second-order valence-corrected chi connectivity index (χ2v) is 6.71. The first-order chi connectivity index (χ1) is 15.2. The summed E-state index contributed by atoms with van der Waals surface area (Å²) in [6.07, 6.45) is 0. The summed E-state index contributed by atoms with van der Waals surface area (Å²) in [5, 5.41) is 1.34. The molecule has 0 unspecified atom stereocenters. The van der Waals surface area contributed by atoms with Gasteiger partial charge in [0, 0.05) is 0 Å². The second kappa shape index (κ2) is 9.13. The Hall–Kier alpha value is -4.12. The number of hydrogen-bond acceptors (Lipinski definition) is 5. The number of hydrogen-bond donors (Lipinski definition) is 0. The maximum atomic E-state index is 12.7. The Morgan fingerprint density at radius 2 is 1.19 bits per heavy atom. The fourth-order valence-corrected chi connectivity index (χ4v) is 3.19. The van der Waals surface area contributed by atoms with Gasteiger partial charge in [-0.1, -0.05) is 42.5 Å². The molecular formula is C26H20O5. The van der Waals surface area contributed by atoms with Gasteiger partial charge in [-0.2, -0.15) is 0 Å². The highest BCUT2D eigenvalue weighted by Crippen LogP contribution is 2.35. The van der Waals surface area contributed by atoms with Crippen LogP contribution in [0.5, 0.6) is 17.2 Å². The summed E-state index contributed by atoms with van der Waals surface area (Å²) in [6, 6.07) is 26.1. The van der Waals surface area contributed by atoms with Crippen molar-refractivity contribution >= 4 is 22.7 Å². The van der Waals surface area contributed by atoms with Gasteiger partial charge in [-0.15, -0.1) is 0 Å². The van der Waals surface area contributed by atoms with Gasteiger partial charge in [0.1, 0.15) is 17.2 Å². The molecule has 0 aliphatic rings. The van der Waals surface area contributed by atoms with Gasteiger partial charge in [-0.05, 0) is 60.8 Å². The highest BCUT2D eigenvalue weighted by molar-refractivity contribution is 6.00. The van der Waals surface area contributed by atoms with Gasteiger partial charge < -0.3 is 14.2 Å². The van der Waals surface area contributed by atoms with Crippen LogP contribution in [0, 0.1) is 0 Å². The Morgan fingerprint density at radius 1 is 0.645 bits per heavy atom. The Morgan fingerprint density at radius 3 is 1.74 bits per heavy atom. The van der Waals surface area contributed by atoms with Gasteiger partial charge in [-0.25, -0.2) is 9.59 Å². The molecule has 0 aliphatic carbocycles. The lowest BCUT2D eigenvalue weighted by molar-refractivity contribution is 0.0735. The lowest BCUT2D eigenvalue weighted by Crippen LogP contribution is -2.10. The van der Waals surface area contributed by atoms with Crippen molar-refractivity contribution in [1.82, 2.24) is 0 Å². The van der Waals surface area contributed by atoms with E-state index in [9.17, 15) is 9.59 Å². The SMILES string of the molecule is CCOc1ccc(C(=O)Oc2cccc3cccc(OC(=O)c4ccccc4)c23)cc1. The van der Waals surface area contributed by atoms with E-state index in [0.717, 1.165) is 5.39 Å². The lowest BCUT2D eigenvalue weighted by atomic mass is 10.1. The second-order valence-electron chi connectivity index (χ2n) is 6.71. The minimum Gasteiger partial charge on any atom is -0.494 e. The number of carbonyl (C=O) groups is 2. The van der Waals surface area contributed by atoms with Gasteiger partial charge in [0.25, 0.3) is 0 Å². The van der Waals surface area contributed by atoms with E-state index < -0.39 is 11.9 Å². The molecular weight excluding hydrogens is 392 g/mol. The Balaban J connectivity index is 1.63. The lowest BCUT2D eigenvalue weighted by Gasteiger charge is -2.12. The molecule has 0 N–H and O–H groups in total. The first-order valence-electron chi connectivity index (χ1n) is 9.89. The molecule has 0 saturated carbocycles. The molecule has 5 heteroatoms. The molecule has 0 fully saturated rings. The molecule has 4 rings (SSSR count). The van der Waals surface area contributed by atoms with Gasteiger partial charge in [0.15, 0.2) is 0 Å². The molecule has 31 heavy (non-hydrogen) atoms. The highest BCUT2D eigenvalue weighted by Gasteiger charge is 2.16. The smallest absolute Gasteiger partial charge is 0.343 e. The van der Waals surface area contributed by atoms with Crippen LogP contribution in [0.3, 0.4) is 0 Å². The topological polar surface area (TPSA) is 61.8 Å². The molecule has 0 bridgehead atoms. The molecule has 4 aromatic rings. The van der Waals surface area contributed by atoms with Crippen LogP contribution >= 0.6 is 0 Å². The zero-order chi connectivity index (χ0) is 21.6. The third kappa shape index (κ3) is 4.56. The third-order valence-corrected chi connectivity index (χ3v) is 4.64. The first kappa shape index (κ1) is 20.2. The number of carbonyl (C=O) groups excluding carboxylic acids is 2. The molecule has 0 aromatic heterocycles. The summed E-state index contributed by atoms with van der Waals surface area (Å²) in [7, 11) is 0. The molecule has 5 nitrogen and oxygen atoms in total. The summed E-state index contributed by atoms with van der Waals surface area (Å²) in [6.45, 7) is 2.44. The molecule has 0 spiro atoms. The van der Waals surface area contributed by atoms with E-state index in [1.807, 2.05) is 25.1 Å². The van der Waals surface area contributed by atoms with Gasteiger partial charge >= 0.3 is 11.9 Å². The molecule has 154 valence electrons. The average Bonchev–Trinajstić information content (AvgIpc) is 2.80. The zero-order valence-electron chi connectivity index (χ0n) is 16.9. The molecule has 4 aromatic carbocycles. The molecule has 0 atom stereocenters. The largest absolute Gasteiger partial charge is 0.494 e. The minimum atomic E-state index is -0.514. The van der Waals surface area contributed by atoms with E-state index >= 15 is 0 Å². The highest BCUT2D eigenvalue weighted by atomic mass is 16.5. The summed E-state index contributed by atoms with van der Waals surface area (Å²) < 4.78 is 16.7. The quantitative estimate of drug-likeness (QED) is 0.301. The van der Waals surface area contributed by atoms with Crippen molar-refractivity contribution in [3.8, 4) is 17.2 Å². The van der Waals surface area contributed by atoms with Crippen LogP contribution in [0.25, 0.3) is 10.8 Å². The van der Waals surface area contributed by atoms with Crippen molar-refractivity contribution in [3.63, 3.8) is 0 Å². The minimum absolute atomic E-state index is 0.313. The van der Waals surface area contributed by atoms with Crippen LogP contribution in [0.2, 0.25) is 0 Å². The first-order valence-corrected chi connectivity index (χ1v) is 9.89. The van der Waals surface area contributed by atoms with Crippen molar-refractivity contribution < 1.29 is 23.8 Å². The Kier molecular flexibility index (Phi) is 5.94. The predicted molar refractivity (Wildman–Crippen MR) is 118 cm³/mol. The maximum Gasteiger partial charge on any atom is 0.343 e. The molecule has 0 radical (unpaired) electrons. The van der Waals surface area contributed by atoms with Crippen LogP contribution in [0.15, 0.2) is 91.0 Å². The summed E-state index contributed by atoms with van der Waals surface area (Å²) in [4.78, 5) is 25.3. The summed E-state index contributed by atoms with van der Waals surface area (Å²) in [5.74, 6) is 0.314. The monoisotopic (exact) mass is 412 g/mol. The van der Waals surface area contributed by atoms with E-state index in [0.29, 0.717) is 40.4 Å². The Bertz CT molecular complexity index is 1210. The van der Waals surface area contributed by atoms with Crippen LogP contribution in [0.1, 0.15) is 27.6 Å². The number of ether oxygens (including phenoxy) is 3. The van der Waals surface area contributed by atoms with E-state index in [-0.39, 0.29) is 0 Å². The van der Waals surface area contributed by atoms with Crippen molar-refractivity contribution in [2.45, 2.75) is 6.92 Å².